The average Bonchev–Trinajstić information content (AvgIpc) is 3.95. The lowest BCUT2D eigenvalue weighted by Gasteiger charge is -2.26. The summed E-state index contributed by atoms with van der Waals surface area (Å²) in [6.45, 7) is 0. The van der Waals surface area contributed by atoms with Crippen molar-refractivity contribution in [1.29, 1.82) is 0 Å². The van der Waals surface area contributed by atoms with E-state index in [0.29, 0.717) is 0 Å². The van der Waals surface area contributed by atoms with E-state index in [1.165, 1.54) is 31.3 Å². The fraction of sp³-hybridized carbons (Fsp3) is 0. The standard InChI is InChI=1S/C60H40N2OS/c1-5-19-41(20-6-1)51-32-17-33-52-53-34-18-35-55(60(53)64-59(51)52)62(46-27-11-4-12-28-46)48-30-16-22-43(40-48)50-38-37-49(57-54-31-13-14-36-56(54)63-58(50)57)42-21-15-29-47(39-42)61(44-23-7-2-8-24-44)45-25-9-3-10-26-45/h1-40H. The maximum atomic E-state index is 6.90. The number of para-hydroxylation sites is 4. The Balaban J connectivity index is 1.01. The van der Waals surface area contributed by atoms with Gasteiger partial charge in [0.05, 0.1) is 10.4 Å². The summed E-state index contributed by atoms with van der Waals surface area (Å²) in [5.41, 5.74) is 15.2. The maximum absolute atomic E-state index is 6.90. The molecule has 0 spiro atoms. The largest absolute Gasteiger partial charge is 0.455 e. The summed E-state index contributed by atoms with van der Waals surface area (Å²) >= 11 is 1.87. The minimum atomic E-state index is 0.867. The van der Waals surface area contributed by atoms with Gasteiger partial charge in [0.2, 0.25) is 0 Å². The molecule has 0 saturated heterocycles. The van der Waals surface area contributed by atoms with Crippen LogP contribution in [0.5, 0.6) is 0 Å². The van der Waals surface area contributed by atoms with Gasteiger partial charge in [-0.3, -0.25) is 0 Å². The van der Waals surface area contributed by atoms with Crippen molar-refractivity contribution in [2.45, 2.75) is 0 Å². The molecular weight excluding hydrogens is 797 g/mol. The molecule has 0 aliphatic carbocycles. The van der Waals surface area contributed by atoms with E-state index in [0.717, 1.165) is 78.3 Å². The molecule has 0 unspecified atom stereocenters. The fourth-order valence-corrected chi connectivity index (χ4v) is 10.7. The number of hydrogen-bond acceptors (Lipinski definition) is 4. The summed E-state index contributed by atoms with van der Waals surface area (Å²) in [5, 5.41) is 4.73. The van der Waals surface area contributed by atoms with E-state index in [1.807, 2.05) is 11.3 Å². The zero-order valence-corrected chi connectivity index (χ0v) is 35.6. The van der Waals surface area contributed by atoms with Crippen LogP contribution in [0.15, 0.2) is 247 Å². The van der Waals surface area contributed by atoms with Crippen LogP contribution < -0.4 is 9.80 Å². The first-order valence-corrected chi connectivity index (χ1v) is 22.5. The molecule has 0 N–H and O–H groups in total. The van der Waals surface area contributed by atoms with Crippen LogP contribution in [-0.2, 0) is 0 Å². The molecule has 302 valence electrons. The lowest BCUT2D eigenvalue weighted by Crippen LogP contribution is -2.10. The summed E-state index contributed by atoms with van der Waals surface area (Å²) in [7, 11) is 0. The van der Waals surface area contributed by atoms with Crippen molar-refractivity contribution in [3.63, 3.8) is 0 Å². The Bertz CT molecular complexity index is 3580. The SMILES string of the molecule is c1ccc(-c2cccc3c2sc2c(N(c4ccccc4)c4cccc(-c5ccc(-c6cccc(N(c7ccccc7)c7ccccc7)c6)c6c5oc5ccccc56)c4)cccc23)cc1. The summed E-state index contributed by atoms with van der Waals surface area (Å²) < 4.78 is 9.45. The quantitative estimate of drug-likeness (QED) is 0.144. The van der Waals surface area contributed by atoms with Crippen molar-refractivity contribution >= 4 is 87.6 Å². The first-order chi connectivity index (χ1) is 31.8. The summed E-state index contributed by atoms with van der Waals surface area (Å²) in [6.07, 6.45) is 0. The molecule has 3 nitrogen and oxygen atoms in total. The Hall–Kier alpha value is -8.18. The van der Waals surface area contributed by atoms with E-state index in [4.69, 9.17) is 4.42 Å². The predicted octanol–water partition coefficient (Wildman–Crippen LogP) is 17.9. The van der Waals surface area contributed by atoms with Gasteiger partial charge >= 0.3 is 0 Å². The molecule has 0 saturated carbocycles. The third-order valence-corrected chi connectivity index (χ3v) is 13.5. The van der Waals surface area contributed by atoms with Crippen molar-refractivity contribution in [2.24, 2.45) is 0 Å². The number of rotatable bonds is 9. The van der Waals surface area contributed by atoms with Crippen molar-refractivity contribution in [3.8, 4) is 33.4 Å². The molecule has 0 radical (unpaired) electrons. The second-order valence-corrected chi connectivity index (χ2v) is 17.1. The van der Waals surface area contributed by atoms with Gasteiger partial charge in [-0.15, -0.1) is 11.3 Å². The zero-order valence-electron chi connectivity index (χ0n) is 34.8. The van der Waals surface area contributed by atoms with Crippen molar-refractivity contribution in [1.82, 2.24) is 0 Å². The first kappa shape index (κ1) is 37.6. The number of furan rings is 1. The van der Waals surface area contributed by atoms with Gasteiger partial charge in [0, 0.05) is 60.2 Å². The zero-order chi connectivity index (χ0) is 42.4. The molecule has 0 aliphatic heterocycles. The second kappa shape index (κ2) is 15.9. The monoisotopic (exact) mass is 836 g/mol. The third kappa shape index (κ3) is 6.51. The number of hydrogen-bond donors (Lipinski definition) is 0. The van der Waals surface area contributed by atoms with E-state index >= 15 is 0 Å². The molecule has 2 aromatic heterocycles. The highest BCUT2D eigenvalue weighted by Gasteiger charge is 2.22. The highest BCUT2D eigenvalue weighted by molar-refractivity contribution is 7.27. The molecule has 12 rings (SSSR count). The molecule has 0 aliphatic rings. The third-order valence-electron chi connectivity index (χ3n) is 12.2. The van der Waals surface area contributed by atoms with E-state index in [9.17, 15) is 0 Å². The number of thiophene rings is 1. The smallest absolute Gasteiger partial charge is 0.143 e. The summed E-state index contributed by atoms with van der Waals surface area (Å²) in [6, 6.07) is 86.7. The van der Waals surface area contributed by atoms with Crippen LogP contribution in [0, 0.1) is 0 Å². The predicted molar refractivity (Wildman–Crippen MR) is 272 cm³/mol. The number of fused-ring (bicyclic) bond motifs is 6. The van der Waals surface area contributed by atoms with Gasteiger partial charge in [0.15, 0.2) is 0 Å². The number of benzene rings is 10. The fourth-order valence-electron chi connectivity index (χ4n) is 9.35. The molecular formula is C60H40N2OS. The van der Waals surface area contributed by atoms with Crippen molar-refractivity contribution in [3.05, 3.63) is 243 Å². The van der Waals surface area contributed by atoms with Gasteiger partial charge < -0.3 is 14.2 Å². The molecule has 2 heterocycles. The first-order valence-electron chi connectivity index (χ1n) is 21.7. The minimum absolute atomic E-state index is 0.867. The molecule has 0 atom stereocenters. The molecule has 64 heavy (non-hydrogen) atoms. The molecule has 4 heteroatoms. The Morgan fingerprint density at radius 1 is 0.312 bits per heavy atom. The van der Waals surface area contributed by atoms with Crippen LogP contribution in [0.3, 0.4) is 0 Å². The van der Waals surface area contributed by atoms with Crippen LogP contribution in [0.1, 0.15) is 0 Å². The van der Waals surface area contributed by atoms with Gasteiger partial charge in [0.1, 0.15) is 11.2 Å². The van der Waals surface area contributed by atoms with E-state index in [2.05, 4.69) is 252 Å². The summed E-state index contributed by atoms with van der Waals surface area (Å²) in [5.74, 6) is 0. The molecule has 0 fully saturated rings. The summed E-state index contributed by atoms with van der Waals surface area (Å²) in [4.78, 5) is 4.72. The highest BCUT2D eigenvalue weighted by atomic mass is 32.1. The van der Waals surface area contributed by atoms with Crippen LogP contribution in [0.25, 0.3) is 75.5 Å². The molecule has 0 bridgehead atoms. The van der Waals surface area contributed by atoms with Gasteiger partial charge in [-0.05, 0) is 107 Å². The van der Waals surface area contributed by atoms with Gasteiger partial charge in [-0.25, -0.2) is 0 Å². The van der Waals surface area contributed by atoms with Crippen molar-refractivity contribution < 1.29 is 4.42 Å². The van der Waals surface area contributed by atoms with Gasteiger partial charge in [0.25, 0.3) is 0 Å². The lowest BCUT2D eigenvalue weighted by atomic mass is 9.94. The lowest BCUT2D eigenvalue weighted by molar-refractivity contribution is 0.670. The minimum Gasteiger partial charge on any atom is -0.455 e. The Morgan fingerprint density at radius 3 is 1.45 bits per heavy atom. The van der Waals surface area contributed by atoms with Crippen LogP contribution in [0.2, 0.25) is 0 Å². The Kier molecular flexibility index (Phi) is 9.36. The van der Waals surface area contributed by atoms with Crippen LogP contribution >= 0.6 is 11.3 Å². The van der Waals surface area contributed by atoms with Gasteiger partial charge in [-0.1, -0.05) is 164 Å². The van der Waals surface area contributed by atoms with Crippen LogP contribution in [-0.4, -0.2) is 0 Å². The normalized spacial score (nSPS) is 11.4. The molecule has 10 aromatic carbocycles. The van der Waals surface area contributed by atoms with E-state index < -0.39 is 0 Å². The van der Waals surface area contributed by atoms with Gasteiger partial charge in [-0.2, -0.15) is 0 Å². The maximum Gasteiger partial charge on any atom is 0.143 e. The Morgan fingerprint density at radius 2 is 0.781 bits per heavy atom. The van der Waals surface area contributed by atoms with Crippen molar-refractivity contribution in [2.75, 3.05) is 9.80 Å². The number of anilines is 6. The number of nitrogens with zero attached hydrogens (tertiary/aromatic N) is 2. The topological polar surface area (TPSA) is 19.6 Å². The van der Waals surface area contributed by atoms with E-state index in [1.54, 1.807) is 0 Å². The second-order valence-electron chi connectivity index (χ2n) is 16.0. The van der Waals surface area contributed by atoms with E-state index in [-0.39, 0.29) is 0 Å². The molecule has 0 amide bonds. The highest BCUT2D eigenvalue weighted by Crippen LogP contribution is 2.49. The average molecular weight is 837 g/mol. The molecule has 12 aromatic rings. The Labute approximate surface area is 376 Å². The van der Waals surface area contributed by atoms with Crippen LogP contribution in [0.4, 0.5) is 34.1 Å².